The molecule has 0 aromatic heterocycles. The van der Waals surface area contributed by atoms with Gasteiger partial charge < -0.3 is 5.73 Å². The van der Waals surface area contributed by atoms with Crippen LogP contribution < -0.4 is 10.5 Å². The Morgan fingerprint density at radius 3 is 2.57 bits per heavy atom. The van der Waals surface area contributed by atoms with E-state index < -0.39 is 20.6 Å². The van der Waals surface area contributed by atoms with Crippen molar-refractivity contribution in [3.05, 3.63) is 32.8 Å². The van der Waals surface area contributed by atoms with E-state index in [2.05, 4.69) is 20.7 Å². The summed E-state index contributed by atoms with van der Waals surface area (Å²) >= 11 is 3.09. The summed E-state index contributed by atoms with van der Waals surface area (Å²) < 4.78 is 27.5. The lowest BCUT2D eigenvalue weighted by Gasteiger charge is -2.16. The van der Waals surface area contributed by atoms with Crippen LogP contribution in [0.1, 0.15) is 12.8 Å². The minimum absolute atomic E-state index is 0. The van der Waals surface area contributed by atoms with Crippen LogP contribution in [0.2, 0.25) is 0 Å². The molecule has 1 unspecified atom stereocenters. The molecule has 0 radical (unpaired) electrons. The van der Waals surface area contributed by atoms with Crippen molar-refractivity contribution in [1.29, 1.82) is 0 Å². The fourth-order valence-corrected chi connectivity index (χ4v) is 3.78. The lowest BCUT2D eigenvalue weighted by molar-refractivity contribution is -0.387. The monoisotopic (exact) mass is 399 g/mol. The van der Waals surface area contributed by atoms with E-state index in [1.165, 1.54) is 18.2 Å². The molecule has 1 saturated carbocycles. The summed E-state index contributed by atoms with van der Waals surface area (Å²) in [4.78, 5) is 9.93. The van der Waals surface area contributed by atoms with E-state index in [9.17, 15) is 18.5 Å². The second-order valence-corrected chi connectivity index (χ2v) is 7.27. The Hall–Kier alpha value is -0.740. The van der Waals surface area contributed by atoms with Gasteiger partial charge in [0, 0.05) is 23.1 Å². The molecule has 0 spiro atoms. The van der Waals surface area contributed by atoms with Crippen molar-refractivity contribution < 1.29 is 13.3 Å². The molecule has 7 nitrogen and oxygen atoms in total. The summed E-state index contributed by atoms with van der Waals surface area (Å²) in [6.07, 6.45) is 1.85. The van der Waals surface area contributed by atoms with Crippen LogP contribution in [0.4, 0.5) is 5.69 Å². The summed E-state index contributed by atoms with van der Waals surface area (Å²) in [5.74, 6) is 0.226. The number of rotatable bonds is 6. The fraction of sp³-hybridized carbons (Fsp3) is 0.455. The van der Waals surface area contributed by atoms with Crippen LogP contribution in [0.25, 0.3) is 0 Å². The van der Waals surface area contributed by atoms with E-state index in [-0.39, 0.29) is 35.8 Å². The number of nitro groups is 1. The molecule has 0 saturated heterocycles. The largest absolute Gasteiger partial charge is 0.329 e. The minimum Gasteiger partial charge on any atom is -0.329 e. The van der Waals surface area contributed by atoms with Crippen LogP contribution in [0.15, 0.2) is 27.6 Å². The lowest BCUT2D eigenvalue weighted by Crippen LogP contribution is -2.41. The van der Waals surface area contributed by atoms with Crippen molar-refractivity contribution in [1.82, 2.24) is 4.72 Å². The SMILES string of the molecule is Cl.NCC(NS(=O)(=O)c1ccc(Br)cc1[N+](=O)[O-])C1CC1. The predicted molar refractivity (Wildman–Crippen MR) is 83.9 cm³/mol. The first-order valence-corrected chi connectivity index (χ1v) is 8.29. The third-order valence-electron chi connectivity index (χ3n) is 3.16. The van der Waals surface area contributed by atoms with E-state index in [4.69, 9.17) is 5.73 Å². The number of halogens is 2. The summed E-state index contributed by atoms with van der Waals surface area (Å²) in [6.45, 7) is 0.175. The van der Waals surface area contributed by atoms with Crippen LogP contribution >= 0.6 is 28.3 Å². The first kappa shape index (κ1) is 18.3. The molecule has 21 heavy (non-hydrogen) atoms. The zero-order valence-corrected chi connectivity index (χ0v) is 14.1. The molecule has 1 aromatic carbocycles. The van der Waals surface area contributed by atoms with Crippen molar-refractivity contribution in [3.63, 3.8) is 0 Å². The molecule has 1 aromatic rings. The number of sulfonamides is 1. The topological polar surface area (TPSA) is 115 Å². The number of nitro benzene ring substituents is 1. The van der Waals surface area contributed by atoms with Gasteiger partial charge >= 0.3 is 0 Å². The zero-order valence-electron chi connectivity index (χ0n) is 10.9. The highest BCUT2D eigenvalue weighted by atomic mass is 79.9. The molecule has 0 bridgehead atoms. The van der Waals surface area contributed by atoms with Gasteiger partial charge in [-0.3, -0.25) is 10.1 Å². The average molecular weight is 401 g/mol. The van der Waals surface area contributed by atoms with Crippen molar-refractivity contribution >= 4 is 44.0 Å². The van der Waals surface area contributed by atoms with Gasteiger partial charge in [-0.25, -0.2) is 13.1 Å². The van der Waals surface area contributed by atoms with Crippen LogP contribution in [0.3, 0.4) is 0 Å². The maximum atomic E-state index is 12.3. The minimum atomic E-state index is -3.96. The van der Waals surface area contributed by atoms with Crippen LogP contribution in [0.5, 0.6) is 0 Å². The van der Waals surface area contributed by atoms with E-state index in [0.717, 1.165) is 12.8 Å². The predicted octanol–water partition coefficient (Wildman–Crippen LogP) is 1.79. The summed E-state index contributed by atoms with van der Waals surface area (Å²) in [6, 6.07) is 3.47. The average Bonchev–Trinajstić information content (AvgIpc) is 3.19. The van der Waals surface area contributed by atoms with Crippen LogP contribution in [-0.4, -0.2) is 25.9 Å². The lowest BCUT2D eigenvalue weighted by atomic mass is 10.2. The molecule has 2 rings (SSSR count). The molecule has 1 aliphatic rings. The highest BCUT2D eigenvalue weighted by Crippen LogP contribution is 2.34. The maximum absolute atomic E-state index is 12.3. The molecule has 1 aliphatic carbocycles. The van der Waals surface area contributed by atoms with Gasteiger partial charge in [0.15, 0.2) is 4.90 Å². The normalized spacial score (nSPS) is 16.1. The van der Waals surface area contributed by atoms with E-state index in [1.807, 2.05) is 0 Å². The highest BCUT2D eigenvalue weighted by Gasteiger charge is 2.35. The first-order chi connectivity index (χ1) is 9.35. The van der Waals surface area contributed by atoms with Gasteiger partial charge in [-0.15, -0.1) is 12.4 Å². The Morgan fingerprint density at radius 1 is 1.48 bits per heavy atom. The number of nitrogens with two attached hydrogens (primary N) is 1. The van der Waals surface area contributed by atoms with E-state index in [0.29, 0.717) is 4.47 Å². The first-order valence-electron chi connectivity index (χ1n) is 6.01. The molecule has 1 atom stereocenters. The zero-order chi connectivity index (χ0) is 14.9. The second-order valence-electron chi connectivity index (χ2n) is 4.67. The highest BCUT2D eigenvalue weighted by molar-refractivity contribution is 9.10. The van der Waals surface area contributed by atoms with Crippen molar-refractivity contribution in [2.75, 3.05) is 6.54 Å². The van der Waals surface area contributed by atoms with E-state index in [1.54, 1.807) is 0 Å². The Labute approximate surface area is 137 Å². The van der Waals surface area contributed by atoms with Gasteiger partial charge in [-0.2, -0.15) is 0 Å². The Kier molecular flexibility index (Phi) is 6.11. The fourth-order valence-electron chi connectivity index (χ4n) is 1.96. The van der Waals surface area contributed by atoms with Gasteiger partial charge in [-0.1, -0.05) is 15.9 Å². The summed E-state index contributed by atoms with van der Waals surface area (Å²) in [7, 11) is -3.96. The summed E-state index contributed by atoms with van der Waals surface area (Å²) in [5.41, 5.74) is 5.09. The molecule has 3 N–H and O–H groups in total. The molecular weight excluding hydrogens is 386 g/mol. The van der Waals surface area contributed by atoms with Crippen molar-refractivity contribution in [2.45, 2.75) is 23.8 Å². The smallest absolute Gasteiger partial charge is 0.290 e. The molecule has 0 heterocycles. The van der Waals surface area contributed by atoms with Crippen LogP contribution in [-0.2, 0) is 10.0 Å². The number of hydrogen-bond donors (Lipinski definition) is 2. The second kappa shape index (κ2) is 7.01. The maximum Gasteiger partial charge on any atom is 0.290 e. The van der Waals surface area contributed by atoms with E-state index >= 15 is 0 Å². The van der Waals surface area contributed by atoms with Gasteiger partial charge in [0.25, 0.3) is 5.69 Å². The van der Waals surface area contributed by atoms with Crippen LogP contribution in [0, 0.1) is 16.0 Å². The molecular formula is C11H15BrClN3O4S. The number of nitrogens with one attached hydrogen (secondary N) is 1. The summed E-state index contributed by atoms with van der Waals surface area (Å²) in [5, 5.41) is 11.0. The van der Waals surface area contributed by atoms with Gasteiger partial charge in [-0.05, 0) is 30.9 Å². The quantitative estimate of drug-likeness (QED) is 0.558. The van der Waals surface area contributed by atoms with Crippen molar-refractivity contribution in [3.8, 4) is 0 Å². The van der Waals surface area contributed by atoms with Gasteiger partial charge in [0.05, 0.1) is 4.92 Å². The Morgan fingerprint density at radius 2 is 2.10 bits per heavy atom. The Balaban J connectivity index is 0.00000220. The Bertz CT molecular complexity index is 636. The molecule has 1 fully saturated rings. The standard InChI is InChI=1S/C11H14BrN3O4S.ClH/c12-8-3-4-11(10(5-8)15(16)17)20(18,19)14-9(6-13)7-1-2-7;/h3-5,7,9,14H,1-2,6,13H2;1H. The number of hydrogen-bond acceptors (Lipinski definition) is 5. The molecule has 10 heteroatoms. The number of benzene rings is 1. The number of nitrogens with zero attached hydrogens (tertiary/aromatic N) is 1. The molecule has 0 aliphatic heterocycles. The third kappa shape index (κ3) is 4.36. The van der Waals surface area contributed by atoms with Crippen molar-refractivity contribution in [2.24, 2.45) is 11.7 Å². The third-order valence-corrected chi connectivity index (χ3v) is 5.19. The van der Waals surface area contributed by atoms with Gasteiger partial charge in [0.2, 0.25) is 10.0 Å². The molecule has 118 valence electrons. The van der Waals surface area contributed by atoms with Gasteiger partial charge in [0.1, 0.15) is 0 Å². The molecule has 0 amide bonds.